The lowest BCUT2D eigenvalue weighted by Crippen LogP contribution is -2.13. The highest BCUT2D eigenvalue weighted by Crippen LogP contribution is 2.23. The van der Waals surface area contributed by atoms with E-state index in [1.165, 1.54) is 19.4 Å². The van der Waals surface area contributed by atoms with Gasteiger partial charge in [-0.05, 0) is 54.6 Å². The summed E-state index contributed by atoms with van der Waals surface area (Å²) >= 11 is 0. The lowest BCUT2D eigenvalue weighted by atomic mass is 10.2. The number of nitrogens with zero attached hydrogens (tertiary/aromatic N) is 2. The number of aromatic nitrogens is 1. The fourth-order valence-electron chi connectivity index (χ4n) is 2.37. The first-order chi connectivity index (χ1) is 13.6. The van der Waals surface area contributed by atoms with Crippen molar-refractivity contribution in [2.45, 2.75) is 0 Å². The number of nitriles is 1. The maximum atomic E-state index is 12.4. The fourth-order valence-corrected chi connectivity index (χ4v) is 2.37. The van der Waals surface area contributed by atoms with Crippen LogP contribution < -0.4 is 10.1 Å². The quantitative estimate of drug-likeness (QED) is 0.683. The lowest BCUT2D eigenvalue weighted by molar-refractivity contribution is 0.0594. The Balaban J connectivity index is 1.68. The lowest BCUT2D eigenvalue weighted by Gasteiger charge is -2.08. The second-order valence-corrected chi connectivity index (χ2v) is 5.64. The first kappa shape index (κ1) is 18.6. The minimum Gasteiger partial charge on any atom is -0.464 e. The molecule has 0 radical (unpaired) electrons. The second kappa shape index (κ2) is 8.47. The molecule has 0 saturated heterocycles. The van der Waals surface area contributed by atoms with Gasteiger partial charge in [0.25, 0.3) is 5.91 Å². The van der Waals surface area contributed by atoms with E-state index in [1.54, 1.807) is 54.6 Å². The van der Waals surface area contributed by atoms with E-state index >= 15 is 0 Å². The summed E-state index contributed by atoms with van der Waals surface area (Å²) < 4.78 is 10.3. The normalized spacial score (nSPS) is 9.86. The molecule has 7 heteroatoms. The highest BCUT2D eigenvalue weighted by molar-refractivity contribution is 6.04. The molecule has 1 aromatic heterocycles. The number of esters is 1. The van der Waals surface area contributed by atoms with Crippen molar-refractivity contribution in [3.63, 3.8) is 0 Å². The molecule has 0 unspecified atom stereocenters. The van der Waals surface area contributed by atoms with Crippen molar-refractivity contribution < 1.29 is 19.1 Å². The van der Waals surface area contributed by atoms with E-state index in [0.717, 1.165) is 0 Å². The number of pyridine rings is 1. The summed E-state index contributed by atoms with van der Waals surface area (Å²) in [5.74, 6) is 0.130. The third kappa shape index (κ3) is 4.51. The molecule has 0 spiro atoms. The number of carbonyl (C=O) groups is 2. The van der Waals surface area contributed by atoms with E-state index in [0.29, 0.717) is 28.3 Å². The van der Waals surface area contributed by atoms with Gasteiger partial charge < -0.3 is 14.8 Å². The van der Waals surface area contributed by atoms with Crippen LogP contribution in [0.15, 0.2) is 66.9 Å². The number of hydrogen-bond acceptors (Lipinski definition) is 6. The van der Waals surface area contributed by atoms with Gasteiger partial charge in [-0.15, -0.1) is 0 Å². The maximum absolute atomic E-state index is 12.4. The van der Waals surface area contributed by atoms with Crippen molar-refractivity contribution >= 4 is 17.6 Å². The third-order valence-corrected chi connectivity index (χ3v) is 3.73. The number of carbonyl (C=O) groups excluding carboxylic acids is 2. The van der Waals surface area contributed by atoms with Crippen molar-refractivity contribution in [3.05, 3.63) is 83.7 Å². The van der Waals surface area contributed by atoms with Gasteiger partial charge in [-0.25, -0.2) is 9.78 Å². The Morgan fingerprint density at radius 1 is 1.04 bits per heavy atom. The van der Waals surface area contributed by atoms with Crippen LogP contribution >= 0.6 is 0 Å². The standard InChI is InChI=1S/C21H15N3O4/c1-27-21(26)19-12-16(9-10-23-19)24-20(25)15-5-7-17(8-6-15)28-18-4-2-3-14(11-18)13-22/h2-12H,1H3,(H,23,24,25). The highest BCUT2D eigenvalue weighted by atomic mass is 16.5. The average Bonchev–Trinajstić information content (AvgIpc) is 2.74. The number of benzene rings is 2. The van der Waals surface area contributed by atoms with E-state index in [1.807, 2.05) is 6.07 Å². The third-order valence-electron chi connectivity index (χ3n) is 3.73. The molecule has 3 rings (SSSR count). The van der Waals surface area contributed by atoms with Crippen molar-refractivity contribution in [1.29, 1.82) is 5.26 Å². The van der Waals surface area contributed by atoms with Crippen LogP contribution in [0.1, 0.15) is 26.4 Å². The Morgan fingerprint density at radius 3 is 2.54 bits per heavy atom. The molecular weight excluding hydrogens is 358 g/mol. The van der Waals surface area contributed by atoms with Crippen molar-refractivity contribution in [3.8, 4) is 17.6 Å². The zero-order chi connectivity index (χ0) is 19.9. The van der Waals surface area contributed by atoms with E-state index in [-0.39, 0.29) is 11.6 Å². The van der Waals surface area contributed by atoms with Gasteiger partial charge in [0.05, 0.1) is 18.7 Å². The Labute approximate surface area is 161 Å². The highest BCUT2D eigenvalue weighted by Gasteiger charge is 2.11. The summed E-state index contributed by atoms with van der Waals surface area (Å²) in [7, 11) is 1.26. The first-order valence-electron chi connectivity index (χ1n) is 8.23. The first-order valence-corrected chi connectivity index (χ1v) is 8.23. The van der Waals surface area contributed by atoms with Gasteiger partial charge in [0.15, 0.2) is 0 Å². The van der Waals surface area contributed by atoms with Crippen LogP contribution in [0.25, 0.3) is 0 Å². The van der Waals surface area contributed by atoms with E-state index in [2.05, 4.69) is 15.0 Å². The molecular formula is C21H15N3O4. The number of hydrogen-bond donors (Lipinski definition) is 1. The van der Waals surface area contributed by atoms with Crippen LogP contribution in [0.4, 0.5) is 5.69 Å². The molecule has 7 nitrogen and oxygen atoms in total. The number of amides is 1. The summed E-state index contributed by atoms with van der Waals surface area (Å²) in [5.41, 5.74) is 1.43. The number of anilines is 1. The van der Waals surface area contributed by atoms with Gasteiger partial charge in [0, 0.05) is 17.4 Å². The van der Waals surface area contributed by atoms with E-state index in [4.69, 9.17) is 10.00 Å². The zero-order valence-electron chi connectivity index (χ0n) is 14.9. The predicted octanol–water partition coefficient (Wildman–Crippen LogP) is 3.78. The van der Waals surface area contributed by atoms with Crippen LogP contribution in [0.2, 0.25) is 0 Å². The SMILES string of the molecule is COC(=O)c1cc(NC(=O)c2ccc(Oc3cccc(C#N)c3)cc2)ccn1. The maximum Gasteiger partial charge on any atom is 0.356 e. The molecule has 1 N–H and O–H groups in total. The Morgan fingerprint density at radius 2 is 1.82 bits per heavy atom. The van der Waals surface area contributed by atoms with Crippen molar-refractivity contribution in [2.75, 3.05) is 12.4 Å². The monoisotopic (exact) mass is 373 g/mol. The molecule has 0 aliphatic heterocycles. The largest absolute Gasteiger partial charge is 0.464 e. The summed E-state index contributed by atoms with van der Waals surface area (Å²) in [4.78, 5) is 27.8. The van der Waals surface area contributed by atoms with Crippen LogP contribution in [0, 0.1) is 11.3 Å². The Kier molecular flexibility index (Phi) is 5.63. The van der Waals surface area contributed by atoms with Crippen molar-refractivity contribution in [1.82, 2.24) is 4.98 Å². The van der Waals surface area contributed by atoms with Crippen LogP contribution in [-0.4, -0.2) is 24.0 Å². The second-order valence-electron chi connectivity index (χ2n) is 5.64. The molecule has 1 heterocycles. The number of rotatable bonds is 5. The molecule has 0 atom stereocenters. The zero-order valence-corrected chi connectivity index (χ0v) is 14.9. The summed E-state index contributed by atoms with van der Waals surface area (Å²) in [6, 6.07) is 18.4. The van der Waals surface area contributed by atoms with Crippen LogP contribution in [0.5, 0.6) is 11.5 Å². The average molecular weight is 373 g/mol. The van der Waals surface area contributed by atoms with Gasteiger partial charge in [0.2, 0.25) is 0 Å². The minimum absolute atomic E-state index is 0.101. The summed E-state index contributed by atoms with van der Waals surface area (Å²) in [6.07, 6.45) is 1.41. The molecule has 0 saturated carbocycles. The molecule has 0 aliphatic carbocycles. The molecule has 138 valence electrons. The van der Waals surface area contributed by atoms with Crippen molar-refractivity contribution in [2.24, 2.45) is 0 Å². The van der Waals surface area contributed by atoms with Gasteiger partial charge in [-0.3, -0.25) is 4.79 Å². The van der Waals surface area contributed by atoms with E-state index < -0.39 is 5.97 Å². The van der Waals surface area contributed by atoms with Gasteiger partial charge in [0.1, 0.15) is 17.2 Å². The van der Waals surface area contributed by atoms with Gasteiger partial charge in [-0.1, -0.05) is 6.07 Å². The number of ether oxygens (including phenoxy) is 2. The van der Waals surface area contributed by atoms with Crippen LogP contribution in [-0.2, 0) is 4.74 Å². The Bertz CT molecular complexity index is 1060. The minimum atomic E-state index is -0.585. The molecule has 2 aromatic carbocycles. The van der Waals surface area contributed by atoms with Gasteiger partial charge >= 0.3 is 5.97 Å². The molecule has 3 aromatic rings. The summed E-state index contributed by atoms with van der Waals surface area (Å²) in [6.45, 7) is 0. The molecule has 0 bridgehead atoms. The summed E-state index contributed by atoms with van der Waals surface area (Å²) in [5, 5.41) is 11.6. The Hall–Kier alpha value is -4.18. The molecule has 1 amide bonds. The topological polar surface area (TPSA) is 101 Å². The number of methoxy groups -OCH3 is 1. The smallest absolute Gasteiger partial charge is 0.356 e. The predicted molar refractivity (Wildman–Crippen MR) is 101 cm³/mol. The number of nitrogens with one attached hydrogen (secondary N) is 1. The molecule has 0 aliphatic rings. The van der Waals surface area contributed by atoms with Crippen LogP contribution in [0.3, 0.4) is 0 Å². The molecule has 0 fully saturated rings. The molecule has 28 heavy (non-hydrogen) atoms. The van der Waals surface area contributed by atoms with E-state index in [9.17, 15) is 9.59 Å². The fraction of sp³-hybridized carbons (Fsp3) is 0.0476. The van der Waals surface area contributed by atoms with Gasteiger partial charge in [-0.2, -0.15) is 5.26 Å².